The van der Waals surface area contributed by atoms with E-state index in [0.717, 1.165) is 32.4 Å². The molecule has 1 spiro atoms. The third-order valence-electron chi connectivity index (χ3n) is 5.19. The Morgan fingerprint density at radius 3 is 3.04 bits per heavy atom. The molecule has 0 aromatic heterocycles. The number of carbonyl (C=O) groups is 1. The second kappa shape index (κ2) is 7.17. The molecule has 1 N–H and O–H groups in total. The van der Waals surface area contributed by atoms with Crippen LogP contribution in [-0.4, -0.2) is 55.9 Å². The number of nitrogens with zero attached hydrogens (tertiary/aromatic N) is 1. The van der Waals surface area contributed by atoms with Crippen molar-refractivity contribution in [1.82, 2.24) is 4.90 Å². The van der Waals surface area contributed by atoms with E-state index in [4.69, 9.17) is 9.47 Å². The predicted octanol–water partition coefficient (Wildman–Crippen LogP) is 2.34. The van der Waals surface area contributed by atoms with Crippen LogP contribution in [0.1, 0.15) is 24.8 Å². The van der Waals surface area contributed by atoms with Crippen molar-refractivity contribution in [2.75, 3.05) is 38.7 Å². The highest BCUT2D eigenvalue weighted by molar-refractivity contribution is 5.93. The number of carbonyl (C=O) groups excluding carboxylic acids is 1. The Balaban J connectivity index is 1.58. The summed E-state index contributed by atoms with van der Waals surface area (Å²) in [5, 5.41) is 2.80. The molecule has 6 heteroatoms. The van der Waals surface area contributed by atoms with Crippen LogP contribution in [0, 0.1) is 12.7 Å². The molecule has 2 aliphatic heterocycles. The minimum Gasteiger partial charge on any atom is -0.377 e. The molecule has 0 aliphatic carbocycles. The second-order valence-corrected chi connectivity index (χ2v) is 6.69. The molecule has 2 heterocycles. The lowest BCUT2D eigenvalue weighted by molar-refractivity contribution is -0.145. The Bertz CT molecular complexity index is 602. The highest BCUT2D eigenvalue weighted by atomic mass is 19.1. The summed E-state index contributed by atoms with van der Waals surface area (Å²) >= 11 is 0. The van der Waals surface area contributed by atoms with Crippen molar-refractivity contribution in [2.24, 2.45) is 0 Å². The van der Waals surface area contributed by atoms with E-state index in [1.807, 2.05) is 0 Å². The van der Waals surface area contributed by atoms with Crippen LogP contribution in [0.4, 0.5) is 10.1 Å². The first kappa shape index (κ1) is 17.3. The van der Waals surface area contributed by atoms with Gasteiger partial charge in [-0.2, -0.15) is 0 Å². The summed E-state index contributed by atoms with van der Waals surface area (Å²) in [6.45, 7) is 4.19. The predicted molar refractivity (Wildman–Crippen MR) is 89.5 cm³/mol. The van der Waals surface area contributed by atoms with Crippen molar-refractivity contribution in [1.29, 1.82) is 0 Å². The number of amides is 1. The summed E-state index contributed by atoms with van der Waals surface area (Å²) < 4.78 is 25.2. The standard InChI is InChI=1S/C18H25FN2O3/c1-13-14(19)5-3-6-15(13)20-17(22)12-21-9-8-18(7-4-10-24-18)16(11-21)23-2/h3,5-6,16H,4,7-12H2,1-2H3,(H,20,22)/t16-,18+/m1/s1. The minimum absolute atomic E-state index is 0.0162. The molecule has 2 saturated heterocycles. The number of methoxy groups -OCH3 is 1. The van der Waals surface area contributed by atoms with Gasteiger partial charge in [-0.15, -0.1) is 0 Å². The average Bonchev–Trinajstić information content (AvgIpc) is 3.03. The molecule has 0 unspecified atom stereocenters. The van der Waals surface area contributed by atoms with E-state index in [2.05, 4.69) is 10.2 Å². The number of hydrogen-bond acceptors (Lipinski definition) is 4. The van der Waals surface area contributed by atoms with E-state index in [0.29, 0.717) is 17.8 Å². The molecule has 0 saturated carbocycles. The molecule has 2 atom stereocenters. The van der Waals surface area contributed by atoms with E-state index < -0.39 is 0 Å². The number of halogens is 1. The monoisotopic (exact) mass is 336 g/mol. The number of nitrogens with one attached hydrogen (secondary N) is 1. The molecule has 3 rings (SSSR count). The van der Waals surface area contributed by atoms with Gasteiger partial charge in [0.15, 0.2) is 0 Å². The fourth-order valence-corrected chi connectivity index (χ4v) is 3.74. The molecule has 24 heavy (non-hydrogen) atoms. The fraction of sp³-hybridized carbons (Fsp3) is 0.611. The van der Waals surface area contributed by atoms with Crippen molar-refractivity contribution in [3.63, 3.8) is 0 Å². The average molecular weight is 336 g/mol. The van der Waals surface area contributed by atoms with Gasteiger partial charge in [-0.25, -0.2) is 4.39 Å². The summed E-state index contributed by atoms with van der Waals surface area (Å²) in [6, 6.07) is 4.70. The van der Waals surface area contributed by atoms with Gasteiger partial charge in [0.25, 0.3) is 0 Å². The molecule has 0 bridgehead atoms. The van der Waals surface area contributed by atoms with Gasteiger partial charge >= 0.3 is 0 Å². The number of hydrogen-bond donors (Lipinski definition) is 1. The van der Waals surface area contributed by atoms with E-state index in [-0.39, 0.29) is 30.0 Å². The molecule has 5 nitrogen and oxygen atoms in total. The fourth-order valence-electron chi connectivity index (χ4n) is 3.74. The minimum atomic E-state index is -0.314. The third-order valence-corrected chi connectivity index (χ3v) is 5.19. The lowest BCUT2D eigenvalue weighted by Crippen LogP contribution is -2.57. The van der Waals surface area contributed by atoms with Crippen molar-refractivity contribution < 1.29 is 18.7 Å². The molecule has 1 aromatic carbocycles. The van der Waals surface area contributed by atoms with E-state index >= 15 is 0 Å². The summed E-state index contributed by atoms with van der Waals surface area (Å²) in [5.74, 6) is -0.451. The Morgan fingerprint density at radius 2 is 2.33 bits per heavy atom. The first-order valence-corrected chi connectivity index (χ1v) is 8.48. The molecule has 1 amide bonds. The molecule has 2 aliphatic rings. The van der Waals surface area contributed by atoms with Gasteiger partial charge in [0, 0.05) is 38.1 Å². The quantitative estimate of drug-likeness (QED) is 0.917. The van der Waals surface area contributed by atoms with Gasteiger partial charge in [-0.3, -0.25) is 9.69 Å². The van der Waals surface area contributed by atoms with Crippen LogP contribution in [0.25, 0.3) is 0 Å². The first-order chi connectivity index (χ1) is 11.5. The van der Waals surface area contributed by atoms with Crippen LogP contribution in [-0.2, 0) is 14.3 Å². The highest BCUT2D eigenvalue weighted by Gasteiger charge is 2.46. The number of benzene rings is 1. The number of rotatable bonds is 4. The number of ether oxygens (including phenoxy) is 2. The maximum atomic E-state index is 13.6. The SMILES string of the molecule is CO[C@@H]1CN(CC(=O)Nc2cccc(F)c2C)CC[C@@]12CCCO2. The van der Waals surface area contributed by atoms with Gasteiger partial charge in [0.2, 0.25) is 5.91 Å². The van der Waals surface area contributed by atoms with Crippen molar-refractivity contribution in [3.8, 4) is 0 Å². The summed E-state index contributed by atoms with van der Waals surface area (Å²) in [5.41, 5.74) is 0.800. The normalized spacial score (nSPS) is 27.5. The maximum Gasteiger partial charge on any atom is 0.238 e. The largest absolute Gasteiger partial charge is 0.377 e. The Hall–Kier alpha value is -1.50. The van der Waals surface area contributed by atoms with Crippen molar-refractivity contribution >= 4 is 11.6 Å². The third kappa shape index (κ3) is 3.45. The first-order valence-electron chi connectivity index (χ1n) is 8.48. The van der Waals surface area contributed by atoms with Gasteiger partial charge in [-0.05, 0) is 38.3 Å². The summed E-state index contributed by atoms with van der Waals surface area (Å²) in [4.78, 5) is 14.4. The lowest BCUT2D eigenvalue weighted by Gasteiger charge is -2.44. The van der Waals surface area contributed by atoms with Crippen molar-refractivity contribution in [3.05, 3.63) is 29.6 Å². The zero-order valence-corrected chi connectivity index (χ0v) is 14.3. The number of likely N-dealkylation sites (tertiary alicyclic amines) is 1. The van der Waals surface area contributed by atoms with Gasteiger partial charge < -0.3 is 14.8 Å². The number of piperidine rings is 1. The second-order valence-electron chi connectivity index (χ2n) is 6.69. The van der Waals surface area contributed by atoms with Gasteiger partial charge in [-0.1, -0.05) is 6.07 Å². The van der Waals surface area contributed by atoms with Crippen molar-refractivity contribution in [2.45, 2.75) is 37.9 Å². The van der Waals surface area contributed by atoms with Crippen LogP contribution in [0.3, 0.4) is 0 Å². The molecule has 2 fully saturated rings. The van der Waals surface area contributed by atoms with Gasteiger partial charge in [0.1, 0.15) is 5.82 Å². The van der Waals surface area contributed by atoms with E-state index in [1.54, 1.807) is 26.2 Å². The van der Waals surface area contributed by atoms with Gasteiger partial charge in [0.05, 0.1) is 18.2 Å². The lowest BCUT2D eigenvalue weighted by atomic mass is 9.86. The van der Waals surface area contributed by atoms with Crippen LogP contribution >= 0.6 is 0 Å². The van der Waals surface area contributed by atoms with E-state index in [9.17, 15) is 9.18 Å². The van der Waals surface area contributed by atoms with Crippen LogP contribution in [0.2, 0.25) is 0 Å². The molecule has 0 radical (unpaired) electrons. The number of anilines is 1. The molecular formula is C18H25FN2O3. The smallest absolute Gasteiger partial charge is 0.238 e. The Kier molecular flexibility index (Phi) is 5.18. The molecule has 132 valence electrons. The van der Waals surface area contributed by atoms with Crippen LogP contribution < -0.4 is 5.32 Å². The van der Waals surface area contributed by atoms with Crippen LogP contribution in [0.15, 0.2) is 18.2 Å². The van der Waals surface area contributed by atoms with E-state index in [1.165, 1.54) is 6.07 Å². The summed E-state index contributed by atoms with van der Waals surface area (Å²) in [7, 11) is 1.70. The Morgan fingerprint density at radius 1 is 1.50 bits per heavy atom. The van der Waals surface area contributed by atoms with Crippen LogP contribution in [0.5, 0.6) is 0 Å². The Labute approximate surface area is 142 Å². The highest BCUT2D eigenvalue weighted by Crippen LogP contribution is 2.37. The molecule has 1 aromatic rings. The summed E-state index contributed by atoms with van der Waals surface area (Å²) in [6.07, 6.45) is 2.95. The zero-order valence-electron chi connectivity index (χ0n) is 14.3. The maximum absolute atomic E-state index is 13.6. The molecular weight excluding hydrogens is 311 g/mol. The topological polar surface area (TPSA) is 50.8 Å². The zero-order chi connectivity index (χ0) is 17.2.